The Balaban J connectivity index is 1.89. The van der Waals surface area contributed by atoms with Gasteiger partial charge in [0.2, 0.25) is 5.91 Å². The van der Waals surface area contributed by atoms with E-state index in [0.29, 0.717) is 6.54 Å². The largest absolute Gasteiger partial charge is 0.497 e. The van der Waals surface area contributed by atoms with Crippen molar-refractivity contribution >= 4 is 5.91 Å². The van der Waals surface area contributed by atoms with E-state index in [2.05, 4.69) is 0 Å². The molecule has 0 bridgehead atoms. The van der Waals surface area contributed by atoms with Crippen molar-refractivity contribution in [2.45, 2.75) is 50.7 Å². The highest BCUT2D eigenvalue weighted by Gasteiger charge is 2.32. The molecule has 4 heteroatoms. The van der Waals surface area contributed by atoms with Crippen LogP contribution in [0.1, 0.15) is 44.1 Å². The number of rotatable bonds is 5. The second kappa shape index (κ2) is 6.94. The van der Waals surface area contributed by atoms with E-state index in [9.17, 15) is 9.90 Å². The van der Waals surface area contributed by atoms with Crippen LogP contribution in [0.2, 0.25) is 0 Å². The van der Waals surface area contributed by atoms with E-state index in [4.69, 9.17) is 4.74 Å². The van der Waals surface area contributed by atoms with Crippen LogP contribution in [-0.4, -0.2) is 35.7 Å². The number of carbonyl (C=O) groups excluding carboxylic acids is 1. The molecule has 1 N–H and O–H groups in total. The molecule has 116 valence electrons. The zero-order chi connectivity index (χ0) is 15.3. The Morgan fingerprint density at radius 2 is 1.86 bits per heavy atom. The van der Waals surface area contributed by atoms with Gasteiger partial charge >= 0.3 is 0 Å². The molecule has 1 aromatic carbocycles. The minimum atomic E-state index is -0.788. The van der Waals surface area contributed by atoms with Gasteiger partial charge in [0, 0.05) is 13.6 Å². The fraction of sp³-hybridized carbons (Fsp3) is 0.588. The standard InChI is InChI=1S/C17H25NO3/c1-18(13-14-6-8-15(21-2)9-7-14)16(19)12-17(20)10-4-3-5-11-17/h6-9,20H,3-5,10-13H2,1-2H3. The van der Waals surface area contributed by atoms with Gasteiger partial charge in [-0.3, -0.25) is 4.79 Å². The van der Waals surface area contributed by atoms with E-state index in [1.165, 1.54) is 0 Å². The topological polar surface area (TPSA) is 49.8 Å². The summed E-state index contributed by atoms with van der Waals surface area (Å²) >= 11 is 0. The maximum atomic E-state index is 12.3. The van der Waals surface area contributed by atoms with Gasteiger partial charge in [-0.2, -0.15) is 0 Å². The van der Waals surface area contributed by atoms with Crippen LogP contribution in [0.3, 0.4) is 0 Å². The van der Waals surface area contributed by atoms with Gasteiger partial charge in [0.15, 0.2) is 0 Å². The van der Waals surface area contributed by atoms with E-state index in [1.807, 2.05) is 24.3 Å². The summed E-state index contributed by atoms with van der Waals surface area (Å²) in [4.78, 5) is 14.0. The number of methoxy groups -OCH3 is 1. The maximum Gasteiger partial charge on any atom is 0.225 e. The lowest BCUT2D eigenvalue weighted by Gasteiger charge is -2.32. The highest BCUT2D eigenvalue weighted by atomic mass is 16.5. The molecule has 1 aromatic rings. The van der Waals surface area contributed by atoms with Crippen molar-refractivity contribution < 1.29 is 14.6 Å². The summed E-state index contributed by atoms with van der Waals surface area (Å²) in [7, 11) is 3.42. The molecule has 0 radical (unpaired) electrons. The third-order valence-corrected chi connectivity index (χ3v) is 4.27. The van der Waals surface area contributed by atoms with E-state index >= 15 is 0 Å². The first-order chi connectivity index (χ1) is 10.0. The predicted octanol–water partition coefficient (Wildman–Crippen LogP) is 2.74. The van der Waals surface area contributed by atoms with Crippen LogP contribution in [0, 0.1) is 0 Å². The molecule has 0 spiro atoms. The molecule has 1 fully saturated rings. The number of nitrogens with zero attached hydrogens (tertiary/aromatic N) is 1. The summed E-state index contributed by atoms with van der Waals surface area (Å²) in [6.45, 7) is 0.554. The van der Waals surface area contributed by atoms with Gasteiger partial charge in [-0.25, -0.2) is 0 Å². The Bertz CT molecular complexity index is 463. The Kier molecular flexibility index (Phi) is 5.23. The average molecular weight is 291 g/mol. The average Bonchev–Trinajstić information content (AvgIpc) is 2.48. The van der Waals surface area contributed by atoms with Gasteiger partial charge in [-0.05, 0) is 30.5 Å². The Labute approximate surface area is 126 Å². The van der Waals surface area contributed by atoms with Crippen molar-refractivity contribution in [2.24, 2.45) is 0 Å². The van der Waals surface area contributed by atoms with E-state index in [-0.39, 0.29) is 12.3 Å². The van der Waals surface area contributed by atoms with Gasteiger partial charge in [-0.1, -0.05) is 31.4 Å². The SMILES string of the molecule is COc1ccc(CN(C)C(=O)CC2(O)CCCCC2)cc1. The van der Waals surface area contributed by atoms with Crippen LogP contribution in [0.4, 0.5) is 0 Å². The van der Waals surface area contributed by atoms with Crippen molar-refractivity contribution in [3.05, 3.63) is 29.8 Å². The second-order valence-electron chi connectivity index (χ2n) is 6.06. The predicted molar refractivity (Wildman–Crippen MR) is 82.1 cm³/mol. The molecule has 0 aromatic heterocycles. The quantitative estimate of drug-likeness (QED) is 0.907. The normalized spacial score (nSPS) is 17.3. The molecule has 21 heavy (non-hydrogen) atoms. The summed E-state index contributed by atoms with van der Waals surface area (Å²) < 4.78 is 5.12. The molecule has 1 aliphatic rings. The second-order valence-corrected chi connectivity index (χ2v) is 6.06. The van der Waals surface area contributed by atoms with Crippen LogP contribution in [0.25, 0.3) is 0 Å². The molecule has 4 nitrogen and oxygen atoms in total. The number of ether oxygens (including phenoxy) is 1. The van der Waals surface area contributed by atoms with Gasteiger partial charge in [0.25, 0.3) is 0 Å². The summed E-state index contributed by atoms with van der Waals surface area (Å²) in [5, 5.41) is 10.5. The van der Waals surface area contributed by atoms with E-state index in [0.717, 1.165) is 43.4 Å². The van der Waals surface area contributed by atoms with Crippen LogP contribution >= 0.6 is 0 Å². The minimum absolute atomic E-state index is 0.00946. The van der Waals surface area contributed by atoms with Crippen LogP contribution < -0.4 is 4.74 Å². The van der Waals surface area contributed by atoms with Crippen molar-refractivity contribution in [2.75, 3.05) is 14.2 Å². The lowest BCUT2D eigenvalue weighted by molar-refractivity contribution is -0.137. The van der Waals surface area contributed by atoms with E-state index < -0.39 is 5.60 Å². The molecule has 1 saturated carbocycles. The first-order valence-electron chi connectivity index (χ1n) is 7.62. The van der Waals surface area contributed by atoms with E-state index in [1.54, 1.807) is 19.1 Å². The van der Waals surface area contributed by atoms with Crippen LogP contribution in [-0.2, 0) is 11.3 Å². The number of amides is 1. The Morgan fingerprint density at radius 1 is 1.24 bits per heavy atom. The van der Waals surface area contributed by atoms with Crippen LogP contribution in [0.5, 0.6) is 5.75 Å². The zero-order valence-corrected chi connectivity index (χ0v) is 13.0. The van der Waals surface area contributed by atoms with Crippen molar-refractivity contribution in [3.63, 3.8) is 0 Å². The van der Waals surface area contributed by atoms with Gasteiger partial charge in [-0.15, -0.1) is 0 Å². The smallest absolute Gasteiger partial charge is 0.225 e. The molecular weight excluding hydrogens is 266 g/mol. The molecule has 0 atom stereocenters. The molecule has 0 heterocycles. The fourth-order valence-corrected chi connectivity index (χ4v) is 2.90. The number of hydrogen-bond donors (Lipinski definition) is 1. The molecule has 0 aliphatic heterocycles. The van der Waals surface area contributed by atoms with Gasteiger partial charge in [0.05, 0.1) is 19.1 Å². The van der Waals surface area contributed by atoms with Crippen molar-refractivity contribution in [1.29, 1.82) is 0 Å². The molecule has 1 amide bonds. The van der Waals surface area contributed by atoms with Crippen LogP contribution in [0.15, 0.2) is 24.3 Å². The first kappa shape index (κ1) is 15.8. The monoisotopic (exact) mass is 291 g/mol. The zero-order valence-electron chi connectivity index (χ0n) is 13.0. The van der Waals surface area contributed by atoms with Gasteiger partial charge < -0.3 is 14.7 Å². The number of benzene rings is 1. The molecule has 2 rings (SSSR count). The summed E-state index contributed by atoms with van der Waals surface area (Å²) in [6, 6.07) is 7.69. The maximum absolute atomic E-state index is 12.3. The molecular formula is C17H25NO3. The Morgan fingerprint density at radius 3 is 2.43 bits per heavy atom. The third-order valence-electron chi connectivity index (χ3n) is 4.27. The van der Waals surface area contributed by atoms with Crippen molar-refractivity contribution in [1.82, 2.24) is 4.90 Å². The lowest BCUT2D eigenvalue weighted by Crippen LogP contribution is -2.39. The Hall–Kier alpha value is -1.55. The fourth-order valence-electron chi connectivity index (χ4n) is 2.90. The molecule has 0 unspecified atom stereocenters. The first-order valence-corrected chi connectivity index (χ1v) is 7.62. The van der Waals surface area contributed by atoms with Gasteiger partial charge in [0.1, 0.15) is 5.75 Å². The highest BCUT2D eigenvalue weighted by Crippen LogP contribution is 2.31. The number of carbonyl (C=O) groups is 1. The van der Waals surface area contributed by atoms with Crippen molar-refractivity contribution in [3.8, 4) is 5.75 Å². The molecule has 0 saturated heterocycles. The highest BCUT2D eigenvalue weighted by molar-refractivity contribution is 5.77. The summed E-state index contributed by atoms with van der Waals surface area (Å²) in [5.41, 5.74) is 0.269. The molecule has 1 aliphatic carbocycles. The third kappa shape index (κ3) is 4.46. The number of hydrogen-bond acceptors (Lipinski definition) is 3. The lowest BCUT2D eigenvalue weighted by atomic mass is 9.82. The minimum Gasteiger partial charge on any atom is -0.497 e. The number of aliphatic hydroxyl groups is 1. The summed E-state index contributed by atoms with van der Waals surface area (Å²) in [5.74, 6) is 0.819. The summed E-state index contributed by atoms with van der Waals surface area (Å²) in [6.07, 6.45) is 4.93.